The minimum Gasteiger partial charge on any atom is -0.467 e. The summed E-state index contributed by atoms with van der Waals surface area (Å²) in [6.07, 6.45) is 0.166. The zero-order valence-electron chi connectivity index (χ0n) is 8.66. The van der Waals surface area contributed by atoms with E-state index in [9.17, 15) is 4.79 Å². The predicted octanol–water partition coefficient (Wildman–Crippen LogP) is 0.269. The lowest BCUT2D eigenvalue weighted by molar-refractivity contribution is -0.181. The molecule has 0 aliphatic carbocycles. The Kier molecular flexibility index (Phi) is 2.93. The zero-order valence-corrected chi connectivity index (χ0v) is 8.66. The Morgan fingerprint density at radius 3 is 2.38 bits per heavy atom. The van der Waals surface area contributed by atoms with Crippen molar-refractivity contribution < 1.29 is 14.3 Å². The van der Waals surface area contributed by atoms with Gasteiger partial charge < -0.3 is 14.4 Å². The van der Waals surface area contributed by atoms with E-state index < -0.39 is 5.60 Å². The van der Waals surface area contributed by atoms with Crippen LogP contribution in [0.5, 0.6) is 0 Å². The van der Waals surface area contributed by atoms with Crippen LogP contribution in [0.1, 0.15) is 13.8 Å². The average Bonchev–Trinajstić information content (AvgIpc) is 1.99. The summed E-state index contributed by atoms with van der Waals surface area (Å²) in [6, 6.07) is 0. The second-order valence-electron chi connectivity index (χ2n) is 3.96. The highest BCUT2D eigenvalue weighted by atomic mass is 16.6. The quantitative estimate of drug-likeness (QED) is 0.594. The van der Waals surface area contributed by atoms with Crippen LogP contribution in [-0.4, -0.2) is 49.8 Å². The minimum atomic E-state index is -0.819. The Labute approximate surface area is 78.8 Å². The van der Waals surface area contributed by atoms with Crippen molar-refractivity contribution in [2.75, 3.05) is 27.2 Å². The lowest BCUT2D eigenvalue weighted by Gasteiger charge is -2.39. The maximum absolute atomic E-state index is 11.2. The normalized spacial score (nSPS) is 19.7. The van der Waals surface area contributed by atoms with E-state index in [4.69, 9.17) is 4.74 Å². The van der Waals surface area contributed by atoms with E-state index in [-0.39, 0.29) is 12.1 Å². The van der Waals surface area contributed by atoms with Gasteiger partial charge >= 0.3 is 5.97 Å². The number of carbonyl (C=O) groups excluding carboxylic acids is 1. The molecular weight excluding hydrogens is 170 g/mol. The van der Waals surface area contributed by atoms with Gasteiger partial charge in [0.25, 0.3) is 0 Å². The molecule has 13 heavy (non-hydrogen) atoms. The molecule has 0 amide bonds. The van der Waals surface area contributed by atoms with Gasteiger partial charge in [-0.3, -0.25) is 0 Å². The van der Waals surface area contributed by atoms with Crippen LogP contribution >= 0.6 is 0 Å². The number of likely N-dealkylation sites (tertiary alicyclic amines) is 1. The topological polar surface area (TPSA) is 38.8 Å². The molecule has 0 N–H and O–H groups in total. The van der Waals surface area contributed by atoms with Crippen molar-refractivity contribution >= 4 is 5.97 Å². The summed E-state index contributed by atoms with van der Waals surface area (Å²) in [5, 5.41) is 0. The molecule has 4 heteroatoms. The Balaban J connectivity index is 2.38. The SMILES string of the molecule is COC(=O)C(C)(C)OC1CN(C)C1. The van der Waals surface area contributed by atoms with Gasteiger partial charge in [-0.1, -0.05) is 0 Å². The average molecular weight is 187 g/mol. The van der Waals surface area contributed by atoms with Gasteiger partial charge in [-0.15, -0.1) is 0 Å². The first kappa shape index (κ1) is 10.5. The molecule has 0 aromatic carbocycles. The first-order valence-corrected chi connectivity index (χ1v) is 4.40. The van der Waals surface area contributed by atoms with E-state index >= 15 is 0 Å². The Morgan fingerprint density at radius 2 is 2.00 bits per heavy atom. The number of carbonyl (C=O) groups is 1. The molecular formula is C9H17NO3. The number of esters is 1. The summed E-state index contributed by atoms with van der Waals surface area (Å²) < 4.78 is 10.2. The molecule has 1 aliphatic rings. The standard InChI is InChI=1S/C9H17NO3/c1-9(2,8(11)12-4)13-7-5-10(3)6-7/h7H,5-6H2,1-4H3. The number of hydrogen-bond acceptors (Lipinski definition) is 4. The maximum Gasteiger partial charge on any atom is 0.337 e. The Hall–Kier alpha value is -0.610. The molecule has 0 saturated carbocycles. The van der Waals surface area contributed by atoms with E-state index in [0.29, 0.717) is 0 Å². The molecule has 1 aliphatic heterocycles. The molecule has 0 atom stereocenters. The molecule has 0 bridgehead atoms. The summed E-state index contributed by atoms with van der Waals surface area (Å²) in [7, 11) is 3.39. The fraction of sp³-hybridized carbons (Fsp3) is 0.889. The molecule has 0 aromatic rings. The summed E-state index contributed by atoms with van der Waals surface area (Å²) in [6.45, 7) is 5.25. The van der Waals surface area contributed by atoms with Gasteiger partial charge in [0.2, 0.25) is 0 Å². The highest BCUT2D eigenvalue weighted by Gasteiger charge is 2.36. The lowest BCUT2D eigenvalue weighted by atomic mass is 10.1. The van der Waals surface area contributed by atoms with E-state index in [1.54, 1.807) is 13.8 Å². The second kappa shape index (κ2) is 3.64. The van der Waals surface area contributed by atoms with Gasteiger partial charge in [-0.2, -0.15) is 0 Å². The van der Waals surface area contributed by atoms with Crippen LogP contribution in [0.15, 0.2) is 0 Å². The van der Waals surface area contributed by atoms with E-state index in [2.05, 4.69) is 9.64 Å². The minimum absolute atomic E-state index is 0.166. The molecule has 1 rings (SSSR count). The number of methoxy groups -OCH3 is 1. The number of likely N-dealkylation sites (N-methyl/N-ethyl adjacent to an activating group) is 1. The number of rotatable bonds is 3. The smallest absolute Gasteiger partial charge is 0.337 e. The number of hydrogen-bond donors (Lipinski definition) is 0. The van der Waals surface area contributed by atoms with Crippen LogP contribution < -0.4 is 0 Å². The highest BCUT2D eigenvalue weighted by Crippen LogP contribution is 2.19. The summed E-state index contributed by atoms with van der Waals surface area (Å²) >= 11 is 0. The monoisotopic (exact) mass is 187 g/mol. The Morgan fingerprint density at radius 1 is 1.46 bits per heavy atom. The molecule has 1 saturated heterocycles. The molecule has 4 nitrogen and oxygen atoms in total. The van der Waals surface area contributed by atoms with Gasteiger partial charge in [-0.25, -0.2) is 4.79 Å². The maximum atomic E-state index is 11.2. The van der Waals surface area contributed by atoms with Gasteiger partial charge in [0.15, 0.2) is 5.60 Å². The fourth-order valence-corrected chi connectivity index (χ4v) is 1.43. The summed E-state index contributed by atoms with van der Waals surface area (Å²) in [4.78, 5) is 13.4. The first-order chi connectivity index (χ1) is 5.95. The van der Waals surface area contributed by atoms with Crippen LogP contribution in [0, 0.1) is 0 Å². The fourth-order valence-electron chi connectivity index (χ4n) is 1.43. The van der Waals surface area contributed by atoms with Gasteiger partial charge in [0.05, 0.1) is 13.2 Å². The van der Waals surface area contributed by atoms with Crippen LogP contribution in [0.4, 0.5) is 0 Å². The largest absolute Gasteiger partial charge is 0.467 e. The van der Waals surface area contributed by atoms with Crippen molar-refractivity contribution in [3.8, 4) is 0 Å². The summed E-state index contributed by atoms with van der Waals surface area (Å²) in [5.41, 5.74) is -0.819. The molecule has 1 fully saturated rings. The van der Waals surface area contributed by atoms with Crippen molar-refractivity contribution in [3.05, 3.63) is 0 Å². The van der Waals surface area contributed by atoms with Crippen molar-refractivity contribution in [2.24, 2.45) is 0 Å². The third-order valence-electron chi connectivity index (χ3n) is 2.17. The molecule has 0 unspecified atom stereocenters. The van der Waals surface area contributed by atoms with Crippen LogP contribution in [0.25, 0.3) is 0 Å². The van der Waals surface area contributed by atoms with Gasteiger partial charge in [0, 0.05) is 13.1 Å². The highest BCUT2D eigenvalue weighted by molar-refractivity contribution is 5.78. The number of nitrogens with zero attached hydrogens (tertiary/aromatic N) is 1. The summed E-state index contributed by atoms with van der Waals surface area (Å²) in [5.74, 6) is -0.318. The van der Waals surface area contributed by atoms with E-state index in [1.807, 2.05) is 7.05 Å². The third-order valence-corrected chi connectivity index (χ3v) is 2.17. The molecule has 0 aromatic heterocycles. The lowest BCUT2D eigenvalue weighted by Crippen LogP contribution is -2.54. The van der Waals surface area contributed by atoms with Crippen LogP contribution in [0.3, 0.4) is 0 Å². The molecule has 76 valence electrons. The molecule has 0 radical (unpaired) electrons. The first-order valence-electron chi connectivity index (χ1n) is 4.40. The van der Waals surface area contributed by atoms with Crippen molar-refractivity contribution in [1.82, 2.24) is 4.90 Å². The van der Waals surface area contributed by atoms with Gasteiger partial charge in [-0.05, 0) is 20.9 Å². The van der Waals surface area contributed by atoms with Crippen molar-refractivity contribution in [1.29, 1.82) is 0 Å². The second-order valence-corrected chi connectivity index (χ2v) is 3.96. The van der Waals surface area contributed by atoms with Crippen molar-refractivity contribution in [3.63, 3.8) is 0 Å². The van der Waals surface area contributed by atoms with E-state index in [0.717, 1.165) is 13.1 Å². The van der Waals surface area contributed by atoms with Crippen LogP contribution in [0.2, 0.25) is 0 Å². The predicted molar refractivity (Wildman–Crippen MR) is 48.5 cm³/mol. The number of ether oxygens (including phenoxy) is 2. The third kappa shape index (κ3) is 2.42. The molecule has 0 spiro atoms. The zero-order chi connectivity index (χ0) is 10.1. The van der Waals surface area contributed by atoms with Crippen LogP contribution in [-0.2, 0) is 14.3 Å². The van der Waals surface area contributed by atoms with Gasteiger partial charge in [0.1, 0.15) is 0 Å². The van der Waals surface area contributed by atoms with Crippen molar-refractivity contribution in [2.45, 2.75) is 25.6 Å². The molecule has 1 heterocycles. The van der Waals surface area contributed by atoms with E-state index in [1.165, 1.54) is 7.11 Å². The Bertz CT molecular complexity index is 197.